The number of para-hydroxylation sites is 1. The SMILES string of the molecule is COC(=O)c1c(C(=O)OC)c2n(c1C)C(C)C1C(=O)N(c3ccccc3)C(=O)C1C2. The molecule has 30 heavy (non-hydrogen) atoms. The highest BCUT2D eigenvalue weighted by molar-refractivity contribution is 6.22. The van der Waals surface area contributed by atoms with E-state index in [9.17, 15) is 19.2 Å². The molecule has 2 aliphatic rings. The predicted octanol–water partition coefficient (Wildman–Crippen LogP) is 2.29. The summed E-state index contributed by atoms with van der Waals surface area (Å²) in [6.45, 7) is 3.53. The van der Waals surface area contributed by atoms with Crippen LogP contribution in [0, 0.1) is 18.8 Å². The van der Waals surface area contributed by atoms with Crippen molar-refractivity contribution in [3.63, 3.8) is 0 Å². The number of anilines is 1. The maximum atomic E-state index is 13.3. The number of fused-ring (bicyclic) bond motifs is 2. The van der Waals surface area contributed by atoms with Crippen LogP contribution in [0.25, 0.3) is 0 Å². The summed E-state index contributed by atoms with van der Waals surface area (Å²) >= 11 is 0. The molecule has 1 aromatic carbocycles. The molecule has 8 nitrogen and oxygen atoms in total. The average Bonchev–Trinajstić information content (AvgIpc) is 3.19. The number of carbonyl (C=O) groups excluding carboxylic acids is 4. The summed E-state index contributed by atoms with van der Waals surface area (Å²) < 4.78 is 11.6. The molecule has 0 spiro atoms. The lowest BCUT2D eigenvalue weighted by Crippen LogP contribution is -2.35. The number of carbonyl (C=O) groups is 4. The minimum atomic E-state index is -0.672. The third-order valence-electron chi connectivity index (χ3n) is 6.16. The zero-order valence-electron chi connectivity index (χ0n) is 17.2. The Bertz CT molecular complexity index is 1070. The molecule has 1 saturated heterocycles. The molecule has 0 saturated carbocycles. The van der Waals surface area contributed by atoms with E-state index in [1.165, 1.54) is 19.1 Å². The van der Waals surface area contributed by atoms with Gasteiger partial charge in [-0.3, -0.25) is 9.59 Å². The second-order valence-corrected chi connectivity index (χ2v) is 7.56. The van der Waals surface area contributed by atoms with Crippen molar-refractivity contribution in [2.45, 2.75) is 26.3 Å². The number of rotatable bonds is 3. The van der Waals surface area contributed by atoms with Crippen LogP contribution in [0.4, 0.5) is 5.69 Å². The Labute approximate surface area is 173 Å². The van der Waals surface area contributed by atoms with Gasteiger partial charge in [-0.05, 0) is 26.0 Å². The number of aromatic nitrogens is 1. The van der Waals surface area contributed by atoms with Crippen LogP contribution in [0.5, 0.6) is 0 Å². The molecule has 3 unspecified atom stereocenters. The molecule has 2 amide bonds. The van der Waals surface area contributed by atoms with Gasteiger partial charge in [0.2, 0.25) is 11.8 Å². The Balaban J connectivity index is 1.86. The maximum Gasteiger partial charge on any atom is 0.340 e. The molecule has 0 aliphatic carbocycles. The van der Waals surface area contributed by atoms with Crippen molar-refractivity contribution in [1.82, 2.24) is 4.57 Å². The zero-order chi connectivity index (χ0) is 21.7. The Kier molecular flexibility index (Phi) is 4.72. The summed E-state index contributed by atoms with van der Waals surface area (Å²) in [6.07, 6.45) is 0.158. The van der Waals surface area contributed by atoms with Crippen molar-refractivity contribution in [3.8, 4) is 0 Å². The number of hydrogen-bond donors (Lipinski definition) is 0. The van der Waals surface area contributed by atoms with Crippen molar-refractivity contribution in [1.29, 1.82) is 0 Å². The smallest absolute Gasteiger partial charge is 0.340 e. The van der Waals surface area contributed by atoms with E-state index in [2.05, 4.69) is 0 Å². The fraction of sp³-hybridized carbons (Fsp3) is 0.364. The molecule has 0 bridgehead atoms. The molecule has 4 rings (SSSR count). The van der Waals surface area contributed by atoms with E-state index in [1.54, 1.807) is 35.8 Å². The van der Waals surface area contributed by atoms with E-state index in [0.29, 0.717) is 17.1 Å². The second kappa shape index (κ2) is 7.12. The highest BCUT2D eigenvalue weighted by atomic mass is 16.5. The first-order chi connectivity index (χ1) is 14.3. The largest absolute Gasteiger partial charge is 0.465 e. The predicted molar refractivity (Wildman–Crippen MR) is 106 cm³/mol. The van der Waals surface area contributed by atoms with E-state index in [4.69, 9.17) is 9.47 Å². The zero-order valence-corrected chi connectivity index (χ0v) is 17.2. The summed E-state index contributed by atoms with van der Waals surface area (Å²) in [4.78, 5) is 52.7. The van der Waals surface area contributed by atoms with Crippen LogP contribution in [0.15, 0.2) is 30.3 Å². The molecular formula is C22H22N2O6. The lowest BCUT2D eigenvalue weighted by atomic mass is 9.81. The van der Waals surface area contributed by atoms with Crippen LogP contribution in [-0.4, -0.2) is 42.5 Å². The van der Waals surface area contributed by atoms with Gasteiger partial charge in [-0.25, -0.2) is 14.5 Å². The van der Waals surface area contributed by atoms with E-state index in [-0.39, 0.29) is 29.4 Å². The second-order valence-electron chi connectivity index (χ2n) is 7.56. The van der Waals surface area contributed by atoms with Gasteiger partial charge >= 0.3 is 11.9 Å². The van der Waals surface area contributed by atoms with Gasteiger partial charge in [-0.2, -0.15) is 0 Å². The number of ether oxygens (including phenoxy) is 2. The van der Waals surface area contributed by atoms with Gasteiger partial charge in [0.15, 0.2) is 0 Å². The minimum absolute atomic E-state index is 0.102. The van der Waals surface area contributed by atoms with Gasteiger partial charge in [0.1, 0.15) is 0 Å². The number of nitrogens with zero attached hydrogens (tertiary/aromatic N) is 2. The fourth-order valence-electron chi connectivity index (χ4n) is 4.90. The molecule has 2 aromatic rings. The highest BCUT2D eigenvalue weighted by Crippen LogP contribution is 2.46. The first-order valence-corrected chi connectivity index (χ1v) is 9.66. The van der Waals surface area contributed by atoms with Gasteiger partial charge in [-0.1, -0.05) is 18.2 Å². The van der Waals surface area contributed by atoms with Crippen LogP contribution in [0.2, 0.25) is 0 Å². The van der Waals surface area contributed by atoms with Crippen LogP contribution in [0.3, 0.4) is 0 Å². The summed E-state index contributed by atoms with van der Waals surface area (Å²) in [7, 11) is 2.47. The third kappa shape index (κ3) is 2.59. The van der Waals surface area contributed by atoms with Gasteiger partial charge in [0, 0.05) is 23.9 Å². The molecule has 0 N–H and O–H groups in total. The highest BCUT2D eigenvalue weighted by Gasteiger charge is 2.54. The lowest BCUT2D eigenvalue weighted by Gasteiger charge is -2.32. The molecule has 3 atom stereocenters. The van der Waals surface area contributed by atoms with Gasteiger partial charge in [0.05, 0.1) is 42.9 Å². The Morgan fingerprint density at radius 1 is 0.967 bits per heavy atom. The summed E-state index contributed by atoms with van der Waals surface area (Å²) in [5.41, 5.74) is 1.78. The first kappa shape index (κ1) is 19.9. The Morgan fingerprint density at radius 2 is 1.57 bits per heavy atom. The number of esters is 2. The number of hydrogen-bond acceptors (Lipinski definition) is 6. The van der Waals surface area contributed by atoms with Gasteiger partial charge in [0.25, 0.3) is 0 Å². The normalized spacial score (nSPS) is 22.5. The van der Waals surface area contributed by atoms with Crippen molar-refractivity contribution in [2.75, 3.05) is 19.1 Å². The lowest BCUT2D eigenvalue weighted by molar-refractivity contribution is -0.122. The summed E-state index contributed by atoms with van der Waals surface area (Å²) in [5.74, 6) is -3.12. The van der Waals surface area contributed by atoms with Crippen LogP contribution < -0.4 is 4.90 Å². The molecule has 156 valence electrons. The standard InChI is InChI=1S/C22H22N2O6/c1-11-16-14(19(25)24(20(16)26)13-8-6-5-7-9-13)10-15-18(22(28)30-4)17(21(27)29-3)12(2)23(11)15/h5-9,11,14,16H,10H2,1-4H3. The molecular weight excluding hydrogens is 388 g/mol. The topological polar surface area (TPSA) is 94.9 Å². The Morgan fingerprint density at radius 3 is 2.17 bits per heavy atom. The van der Waals surface area contributed by atoms with Crippen molar-refractivity contribution >= 4 is 29.4 Å². The van der Waals surface area contributed by atoms with Crippen molar-refractivity contribution < 1.29 is 28.7 Å². The number of benzene rings is 1. The van der Waals surface area contributed by atoms with E-state index in [1.807, 2.05) is 13.0 Å². The number of methoxy groups -OCH3 is 2. The maximum absolute atomic E-state index is 13.3. The molecule has 1 fully saturated rings. The minimum Gasteiger partial charge on any atom is -0.465 e. The van der Waals surface area contributed by atoms with Crippen molar-refractivity contribution in [2.24, 2.45) is 11.8 Å². The first-order valence-electron chi connectivity index (χ1n) is 9.66. The summed E-state index contributed by atoms with van der Waals surface area (Å²) in [5, 5.41) is 0. The average molecular weight is 410 g/mol. The van der Waals surface area contributed by atoms with E-state index < -0.39 is 29.8 Å². The van der Waals surface area contributed by atoms with E-state index in [0.717, 1.165) is 0 Å². The fourth-order valence-corrected chi connectivity index (χ4v) is 4.90. The molecule has 3 heterocycles. The number of imide groups is 1. The van der Waals surface area contributed by atoms with Crippen LogP contribution in [0.1, 0.15) is 45.1 Å². The third-order valence-corrected chi connectivity index (χ3v) is 6.16. The van der Waals surface area contributed by atoms with E-state index >= 15 is 0 Å². The Hall–Kier alpha value is -3.42. The molecule has 1 aromatic heterocycles. The monoisotopic (exact) mass is 410 g/mol. The number of amides is 2. The van der Waals surface area contributed by atoms with Crippen molar-refractivity contribution in [3.05, 3.63) is 52.8 Å². The molecule has 2 aliphatic heterocycles. The van der Waals surface area contributed by atoms with Crippen LogP contribution in [-0.2, 0) is 25.5 Å². The quantitative estimate of drug-likeness (QED) is 0.569. The molecule has 8 heteroatoms. The molecule has 0 radical (unpaired) electrons. The summed E-state index contributed by atoms with van der Waals surface area (Å²) in [6, 6.07) is 8.37. The van der Waals surface area contributed by atoms with Gasteiger partial charge in [-0.15, -0.1) is 0 Å². The van der Waals surface area contributed by atoms with Gasteiger partial charge < -0.3 is 14.0 Å². The van der Waals surface area contributed by atoms with Crippen LogP contribution >= 0.6 is 0 Å².